The SMILES string of the molecule is CCCCc1nc(Cl)c(CN2CCOC(C(=O)Nc3cnccc3C)C2)[nH]1. The van der Waals surface area contributed by atoms with Crippen LogP contribution in [0.25, 0.3) is 0 Å². The molecule has 8 heteroatoms. The maximum absolute atomic E-state index is 12.6. The van der Waals surface area contributed by atoms with Crippen LogP contribution in [0, 0.1) is 6.92 Å². The number of imidazole rings is 1. The molecule has 1 aliphatic heterocycles. The standard InChI is InChI=1S/C19H26ClN5O2/c1-3-4-5-17-22-15(18(20)24-17)11-25-8-9-27-16(12-25)19(26)23-14-10-21-7-6-13(14)2/h6-7,10,16H,3-5,8-9,11-12H2,1-2H3,(H,22,24)(H,23,26). The molecule has 0 aliphatic carbocycles. The second kappa shape index (κ2) is 9.30. The molecule has 0 saturated carbocycles. The minimum Gasteiger partial charge on any atom is -0.366 e. The van der Waals surface area contributed by atoms with Crippen molar-refractivity contribution < 1.29 is 9.53 Å². The lowest BCUT2D eigenvalue weighted by molar-refractivity contribution is -0.133. The van der Waals surface area contributed by atoms with E-state index in [1.807, 2.05) is 13.0 Å². The lowest BCUT2D eigenvalue weighted by Crippen LogP contribution is -2.47. The molecule has 3 rings (SSSR count). The summed E-state index contributed by atoms with van der Waals surface area (Å²) in [4.78, 5) is 26.5. The summed E-state index contributed by atoms with van der Waals surface area (Å²) in [6, 6.07) is 1.86. The number of anilines is 1. The van der Waals surface area contributed by atoms with Crippen LogP contribution < -0.4 is 5.32 Å². The van der Waals surface area contributed by atoms with E-state index in [9.17, 15) is 4.79 Å². The van der Waals surface area contributed by atoms with Crippen LogP contribution in [0.3, 0.4) is 0 Å². The van der Waals surface area contributed by atoms with E-state index in [2.05, 4.69) is 32.1 Å². The predicted molar refractivity (Wildman–Crippen MR) is 105 cm³/mol. The topological polar surface area (TPSA) is 83.1 Å². The first-order chi connectivity index (χ1) is 13.1. The van der Waals surface area contributed by atoms with Gasteiger partial charge >= 0.3 is 0 Å². The zero-order valence-corrected chi connectivity index (χ0v) is 16.6. The first kappa shape index (κ1) is 19.8. The van der Waals surface area contributed by atoms with Gasteiger partial charge in [0, 0.05) is 32.3 Å². The third-order valence-electron chi connectivity index (χ3n) is 4.67. The van der Waals surface area contributed by atoms with Gasteiger partial charge in [0.25, 0.3) is 5.91 Å². The van der Waals surface area contributed by atoms with Gasteiger partial charge in [-0.15, -0.1) is 0 Å². The van der Waals surface area contributed by atoms with Crippen LogP contribution >= 0.6 is 11.6 Å². The van der Waals surface area contributed by atoms with E-state index in [4.69, 9.17) is 16.3 Å². The van der Waals surface area contributed by atoms with Crippen molar-refractivity contribution in [2.75, 3.05) is 25.0 Å². The Balaban J connectivity index is 1.58. The van der Waals surface area contributed by atoms with E-state index < -0.39 is 6.10 Å². The molecule has 0 spiro atoms. The average Bonchev–Trinajstić information content (AvgIpc) is 3.01. The molecule has 2 N–H and O–H groups in total. The van der Waals surface area contributed by atoms with Gasteiger partial charge in [0.05, 0.1) is 24.2 Å². The molecule has 0 aromatic carbocycles. The van der Waals surface area contributed by atoms with Crippen molar-refractivity contribution in [1.29, 1.82) is 0 Å². The Morgan fingerprint density at radius 2 is 2.37 bits per heavy atom. The van der Waals surface area contributed by atoms with Crippen molar-refractivity contribution >= 4 is 23.2 Å². The number of amides is 1. The molecule has 1 aliphatic rings. The van der Waals surface area contributed by atoms with E-state index >= 15 is 0 Å². The van der Waals surface area contributed by atoms with Crippen molar-refractivity contribution in [3.05, 3.63) is 40.7 Å². The smallest absolute Gasteiger partial charge is 0.254 e. The van der Waals surface area contributed by atoms with Crippen LogP contribution in [-0.4, -0.2) is 51.6 Å². The molecule has 27 heavy (non-hydrogen) atoms. The molecule has 2 aromatic heterocycles. The molecule has 0 radical (unpaired) electrons. The van der Waals surface area contributed by atoms with Crippen molar-refractivity contribution in [2.45, 2.75) is 45.8 Å². The van der Waals surface area contributed by atoms with Crippen LogP contribution in [0.5, 0.6) is 0 Å². The molecule has 2 aromatic rings. The normalized spacial score (nSPS) is 17.8. The van der Waals surface area contributed by atoms with Gasteiger partial charge in [-0.05, 0) is 25.0 Å². The lowest BCUT2D eigenvalue weighted by Gasteiger charge is -2.31. The summed E-state index contributed by atoms with van der Waals surface area (Å²) in [5.41, 5.74) is 2.57. The zero-order valence-electron chi connectivity index (χ0n) is 15.8. The molecule has 146 valence electrons. The first-order valence-electron chi connectivity index (χ1n) is 9.35. The molecule has 1 unspecified atom stereocenters. The Kier molecular flexibility index (Phi) is 6.82. The van der Waals surface area contributed by atoms with Gasteiger partial charge in [-0.3, -0.25) is 14.7 Å². The number of aromatic amines is 1. The van der Waals surface area contributed by atoms with Gasteiger partial charge in [-0.25, -0.2) is 4.98 Å². The summed E-state index contributed by atoms with van der Waals surface area (Å²) in [6.07, 6.45) is 5.92. The summed E-state index contributed by atoms with van der Waals surface area (Å²) < 4.78 is 5.68. The van der Waals surface area contributed by atoms with Crippen molar-refractivity contribution in [1.82, 2.24) is 19.9 Å². The van der Waals surface area contributed by atoms with E-state index in [1.165, 1.54) is 0 Å². The van der Waals surface area contributed by atoms with Gasteiger partial charge in [0.2, 0.25) is 0 Å². The van der Waals surface area contributed by atoms with Crippen LogP contribution in [0.1, 0.15) is 36.8 Å². The number of hydrogen-bond acceptors (Lipinski definition) is 5. The highest BCUT2D eigenvalue weighted by Gasteiger charge is 2.28. The minimum atomic E-state index is -0.528. The molecule has 0 bridgehead atoms. The van der Waals surface area contributed by atoms with E-state index in [0.717, 1.165) is 42.9 Å². The molecule has 1 amide bonds. The fourth-order valence-electron chi connectivity index (χ4n) is 3.04. The lowest BCUT2D eigenvalue weighted by atomic mass is 10.2. The predicted octanol–water partition coefficient (Wildman–Crippen LogP) is 2.95. The second-order valence-corrected chi connectivity index (χ2v) is 7.19. The number of rotatable bonds is 7. The fraction of sp³-hybridized carbons (Fsp3) is 0.526. The van der Waals surface area contributed by atoms with Gasteiger partial charge < -0.3 is 15.0 Å². The Morgan fingerprint density at radius 1 is 1.52 bits per heavy atom. The minimum absolute atomic E-state index is 0.157. The Labute approximate surface area is 164 Å². The van der Waals surface area contributed by atoms with Crippen LogP contribution in [0.4, 0.5) is 5.69 Å². The molecular weight excluding hydrogens is 366 g/mol. The number of ether oxygens (including phenoxy) is 1. The number of carbonyl (C=O) groups is 1. The summed E-state index contributed by atoms with van der Waals surface area (Å²) in [5.74, 6) is 0.765. The number of pyridine rings is 1. The van der Waals surface area contributed by atoms with Crippen molar-refractivity contribution in [3.63, 3.8) is 0 Å². The Morgan fingerprint density at radius 3 is 3.15 bits per heavy atom. The molecule has 1 saturated heterocycles. The number of hydrogen-bond donors (Lipinski definition) is 2. The Hall–Kier alpha value is -1.96. The number of morpholine rings is 1. The monoisotopic (exact) mass is 391 g/mol. The maximum Gasteiger partial charge on any atom is 0.254 e. The summed E-state index contributed by atoms with van der Waals surface area (Å²) in [5, 5.41) is 3.42. The average molecular weight is 392 g/mol. The molecule has 1 atom stereocenters. The van der Waals surface area contributed by atoms with E-state index in [1.54, 1.807) is 12.4 Å². The number of halogens is 1. The number of nitrogens with zero attached hydrogens (tertiary/aromatic N) is 3. The largest absolute Gasteiger partial charge is 0.366 e. The summed E-state index contributed by atoms with van der Waals surface area (Å²) in [6.45, 7) is 6.45. The van der Waals surface area contributed by atoms with Gasteiger partial charge in [-0.1, -0.05) is 24.9 Å². The van der Waals surface area contributed by atoms with Gasteiger partial charge in [-0.2, -0.15) is 0 Å². The van der Waals surface area contributed by atoms with Crippen LogP contribution in [0.2, 0.25) is 5.15 Å². The number of aryl methyl sites for hydroxylation is 2. The highest BCUT2D eigenvalue weighted by atomic mass is 35.5. The van der Waals surface area contributed by atoms with E-state index in [0.29, 0.717) is 30.5 Å². The van der Waals surface area contributed by atoms with Gasteiger partial charge in [0.15, 0.2) is 5.15 Å². The number of H-pyrrole nitrogens is 1. The summed E-state index contributed by atoms with van der Waals surface area (Å²) >= 11 is 6.28. The quantitative estimate of drug-likeness (QED) is 0.758. The maximum atomic E-state index is 12.6. The number of aromatic nitrogens is 3. The number of carbonyl (C=O) groups excluding carboxylic acids is 1. The van der Waals surface area contributed by atoms with Crippen LogP contribution in [0.15, 0.2) is 18.5 Å². The number of nitrogens with one attached hydrogen (secondary N) is 2. The first-order valence-corrected chi connectivity index (χ1v) is 9.73. The third kappa shape index (κ3) is 5.28. The van der Waals surface area contributed by atoms with Crippen molar-refractivity contribution in [3.8, 4) is 0 Å². The molecule has 7 nitrogen and oxygen atoms in total. The Bertz CT molecular complexity index is 779. The highest BCUT2D eigenvalue weighted by Crippen LogP contribution is 2.19. The molecular formula is C19H26ClN5O2. The molecule has 3 heterocycles. The highest BCUT2D eigenvalue weighted by molar-refractivity contribution is 6.30. The molecule has 1 fully saturated rings. The van der Waals surface area contributed by atoms with Crippen LogP contribution in [-0.2, 0) is 22.5 Å². The second-order valence-electron chi connectivity index (χ2n) is 6.83. The number of unbranched alkanes of at least 4 members (excludes halogenated alkanes) is 1. The van der Waals surface area contributed by atoms with Crippen molar-refractivity contribution in [2.24, 2.45) is 0 Å². The third-order valence-corrected chi connectivity index (χ3v) is 4.98. The zero-order chi connectivity index (χ0) is 19.2. The fourth-order valence-corrected chi connectivity index (χ4v) is 3.25. The van der Waals surface area contributed by atoms with Gasteiger partial charge in [0.1, 0.15) is 11.9 Å². The summed E-state index contributed by atoms with van der Waals surface area (Å²) in [7, 11) is 0. The van der Waals surface area contributed by atoms with E-state index in [-0.39, 0.29) is 5.91 Å².